The van der Waals surface area contributed by atoms with Crippen molar-refractivity contribution in [1.82, 2.24) is 15.4 Å². The number of nitrogens with zero attached hydrogens (tertiary/aromatic N) is 1. The molecule has 0 bridgehead atoms. The molecular formula is C16H31IN4O4S3. The summed E-state index contributed by atoms with van der Waals surface area (Å²) in [5.41, 5.74) is 0. The first-order chi connectivity index (χ1) is 12.4. The normalized spacial score (nSPS) is 13.7. The van der Waals surface area contributed by atoms with Crippen molar-refractivity contribution in [2.45, 2.75) is 45.1 Å². The first-order valence-corrected chi connectivity index (χ1v) is 13.1. The molecule has 0 aromatic carbocycles. The van der Waals surface area contributed by atoms with Crippen LogP contribution in [0.1, 0.15) is 30.0 Å². The molecule has 28 heavy (non-hydrogen) atoms. The highest BCUT2D eigenvalue weighted by Gasteiger charge is 2.18. The molecule has 0 aliphatic carbocycles. The van der Waals surface area contributed by atoms with Gasteiger partial charge in [-0.05, 0) is 40.2 Å². The number of halogens is 1. The van der Waals surface area contributed by atoms with Crippen LogP contribution in [0.2, 0.25) is 0 Å². The lowest BCUT2D eigenvalue weighted by Crippen LogP contribution is -2.43. The Morgan fingerprint density at radius 2 is 1.89 bits per heavy atom. The second-order valence-corrected chi connectivity index (χ2v) is 11.9. The summed E-state index contributed by atoms with van der Waals surface area (Å²) in [7, 11) is -6.55. The third-order valence-electron chi connectivity index (χ3n) is 3.61. The van der Waals surface area contributed by atoms with E-state index in [1.165, 1.54) is 17.6 Å². The maximum atomic E-state index is 12.4. The van der Waals surface area contributed by atoms with Gasteiger partial charge in [0.15, 0.2) is 5.96 Å². The van der Waals surface area contributed by atoms with Gasteiger partial charge in [0, 0.05) is 35.1 Å². The van der Waals surface area contributed by atoms with Crippen LogP contribution >= 0.6 is 35.3 Å². The number of rotatable bonds is 10. The molecule has 3 N–H and O–H groups in total. The Kier molecular flexibility index (Phi) is 12.1. The number of hydrogen-bond acceptors (Lipinski definition) is 6. The van der Waals surface area contributed by atoms with Gasteiger partial charge < -0.3 is 10.6 Å². The quantitative estimate of drug-likeness (QED) is 0.172. The summed E-state index contributed by atoms with van der Waals surface area (Å²) in [6, 6.07) is 1.59. The Morgan fingerprint density at radius 1 is 1.25 bits per heavy atom. The molecule has 12 heteroatoms. The lowest BCUT2D eigenvalue weighted by Gasteiger charge is -2.17. The van der Waals surface area contributed by atoms with Crippen LogP contribution in [0.15, 0.2) is 16.0 Å². The molecule has 0 aliphatic rings. The lowest BCUT2D eigenvalue weighted by molar-refractivity contribution is 0.580. The first kappa shape index (κ1) is 27.6. The maximum Gasteiger partial charge on any atom is 0.241 e. The second-order valence-electron chi connectivity index (χ2n) is 6.40. The molecule has 1 atom stereocenters. The van der Waals surface area contributed by atoms with Gasteiger partial charge in [0.2, 0.25) is 10.0 Å². The van der Waals surface area contributed by atoms with Crippen molar-refractivity contribution in [1.29, 1.82) is 0 Å². The molecule has 1 unspecified atom stereocenters. The van der Waals surface area contributed by atoms with Gasteiger partial charge in [0.1, 0.15) is 9.84 Å². The summed E-state index contributed by atoms with van der Waals surface area (Å²) in [5.74, 6) is 0.625. The SMILES string of the molecule is CCNC(=NCCNS(=O)(=O)c1cc(C)sc1C)NC(C)CCS(C)(=O)=O.I. The van der Waals surface area contributed by atoms with Crippen molar-refractivity contribution >= 4 is 61.1 Å². The largest absolute Gasteiger partial charge is 0.357 e. The van der Waals surface area contributed by atoms with E-state index in [0.717, 1.165) is 9.75 Å². The molecule has 1 aromatic heterocycles. The molecule has 8 nitrogen and oxygen atoms in total. The van der Waals surface area contributed by atoms with Crippen LogP contribution in [0, 0.1) is 13.8 Å². The van der Waals surface area contributed by atoms with Gasteiger partial charge in [-0.1, -0.05) is 0 Å². The Balaban J connectivity index is 0.00000729. The van der Waals surface area contributed by atoms with Gasteiger partial charge >= 0.3 is 0 Å². The Hall–Kier alpha value is -0.440. The summed E-state index contributed by atoms with van der Waals surface area (Å²) in [6.45, 7) is 8.53. The van der Waals surface area contributed by atoms with E-state index in [4.69, 9.17) is 0 Å². The van der Waals surface area contributed by atoms with Gasteiger partial charge in [0.05, 0.1) is 17.2 Å². The number of sulfone groups is 1. The number of nitrogens with one attached hydrogen (secondary N) is 3. The number of sulfonamides is 1. The average molecular weight is 567 g/mol. The molecule has 0 saturated carbocycles. The zero-order chi connectivity index (χ0) is 20.7. The monoisotopic (exact) mass is 566 g/mol. The zero-order valence-corrected chi connectivity index (χ0v) is 21.7. The van der Waals surface area contributed by atoms with Crippen LogP contribution in [0.3, 0.4) is 0 Å². The number of aliphatic imine (C=N–C) groups is 1. The fraction of sp³-hybridized carbons (Fsp3) is 0.688. The van der Waals surface area contributed by atoms with Crippen molar-refractivity contribution in [3.05, 3.63) is 15.8 Å². The van der Waals surface area contributed by atoms with Gasteiger partial charge in [-0.25, -0.2) is 21.6 Å². The number of thiophene rings is 1. The zero-order valence-electron chi connectivity index (χ0n) is 16.9. The molecule has 1 aromatic rings. The summed E-state index contributed by atoms with van der Waals surface area (Å²) in [4.78, 5) is 6.37. The Labute approximate surface area is 190 Å². The molecular weight excluding hydrogens is 535 g/mol. The second kappa shape index (κ2) is 12.3. The smallest absolute Gasteiger partial charge is 0.241 e. The third-order valence-corrected chi connectivity index (χ3v) is 7.27. The molecule has 1 rings (SSSR count). The van der Waals surface area contributed by atoms with E-state index in [1.54, 1.807) is 13.0 Å². The fourth-order valence-electron chi connectivity index (χ4n) is 2.32. The standard InChI is InChI=1S/C16H30N4O4S3.HI/c1-6-17-16(20-12(2)7-10-26(5,21)22)18-8-9-19-27(23,24)15-11-13(3)25-14(15)4;/h11-12,19H,6-10H2,1-5H3,(H2,17,18,20);1H. The number of guanidine groups is 1. The summed E-state index contributed by atoms with van der Waals surface area (Å²) in [5, 5.41) is 6.20. The Bertz CT molecular complexity index is 851. The molecule has 0 spiro atoms. The van der Waals surface area contributed by atoms with Crippen LogP contribution in [-0.2, 0) is 19.9 Å². The molecule has 0 amide bonds. The summed E-state index contributed by atoms with van der Waals surface area (Å²) < 4.78 is 49.8. The highest BCUT2D eigenvalue weighted by Crippen LogP contribution is 2.24. The minimum atomic E-state index is -3.54. The molecule has 0 aliphatic heterocycles. The van der Waals surface area contributed by atoms with E-state index in [0.29, 0.717) is 23.8 Å². The van der Waals surface area contributed by atoms with Crippen molar-refractivity contribution < 1.29 is 16.8 Å². The van der Waals surface area contributed by atoms with Crippen molar-refractivity contribution in [2.24, 2.45) is 4.99 Å². The highest BCUT2D eigenvalue weighted by atomic mass is 127. The predicted molar refractivity (Wildman–Crippen MR) is 127 cm³/mol. The van der Waals surface area contributed by atoms with E-state index in [2.05, 4.69) is 20.3 Å². The van der Waals surface area contributed by atoms with E-state index < -0.39 is 19.9 Å². The van der Waals surface area contributed by atoms with Crippen molar-refractivity contribution in [2.75, 3.05) is 31.6 Å². The average Bonchev–Trinajstić information content (AvgIpc) is 2.88. The molecule has 0 fully saturated rings. The molecule has 0 saturated heterocycles. The van der Waals surface area contributed by atoms with Crippen LogP contribution in [0.4, 0.5) is 0 Å². The van der Waals surface area contributed by atoms with Crippen LogP contribution in [0.5, 0.6) is 0 Å². The summed E-state index contributed by atoms with van der Waals surface area (Å²) in [6.07, 6.45) is 1.68. The van der Waals surface area contributed by atoms with Crippen molar-refractivity contribution in [3.63, 3.8) is 0 Å². The number of aryl methyl sites for hydroxylation is 2. The van der Waals surface area contributed by atoms with Gasteiger partial charge in [-0.2, -0.15) is 0 Å². The Morgan fingerprint density at radius 3 is 2.39 bits per heavy atom. The van der Waals surface area contributed by atoms with E-state index in [-0.39, 0.29) is 48.9 Å². The summed E-state index contributed by atoms with van der Waals surface area (Å²) >= 11 is 1.45. The molecule has 0 radical (unpaired) electrons. The molecule has 164 valence electrons. The van der Waals surface area contributed by atoms with Crippen LogP contribution < -0.4 is 15.4 Å². The topological polar surface area (TPSA) is 117 Å². The van der Waals surface area contributed by atoms with Crippen LogP contribution in [0.25, 0.3) is 0 Å². The van der Waals surface area contributed by atoms with E-state index in [1.807, 2.05) is 20.8 Å². The lowest BCUT2D eigenvalue weighted by atomic mass is 10.3. The third kappa shape index (κ3) is 10.4. The van der Waals surface area contributed by atoms with Gasteiger partial charge in [-0.3, -0.25) is 4.99 Å². The first-order valence-electron chi connectivity index (χ1n) is 8.74. The van der Waals surface area contributed by atoms with E-state index in [9.17, 15) is 16.8 Å². The van der Waals surface area contributed by atoms with E-state index >= 15 is 0 Å². The van der Waals surface area contributed by atoms with Gasteiger partial charge in [-0.15, -0.1) is 35.3 Å². The van der Waals surface area contributed by atoms with Crippen LogP contribution in [-0.4, -0.2) is 60.5 Å². The van der Waals surface area contributed by atoms with Crippen molar-refractivity contribution in [3.8, 4) is 0 Å². The minimum Gasteiger partial charge on any atom is -0.357 e. The maximum absolute atomic E-state index is 12.4. The number of hydrogen-bond donors (Lipinski definition) is 3. The predicted octanol–water partition coefficient (Wildman–Crippen LogP) is 1.64. The fourth-order valence-corrected chi connectivity index (χ4v) is 5.67. The highest BCUT2D eigenvalue weighted by molar-refractivity contribution is 14.0. The van der Waals surface area contributed by atoms with Gasteiger partial charge in [0.25, 0.3) is 0 Å². The minimum absolute atomic E-state index is 0. The molecule has 1 heterocycles.